The highest BCUT2D eigenvalue weighted by Gasteiger charge is 2.19. The van der Waals surface area contributed by atoms with Crippen LogP contribution in [0.2, 0.25) is 5.02 Å². The lowest BCUT2D eigenvalue weighted by atomic mass is 9.95. The Hall–Kier alpha value is -3.03. The summed E-state index contributed by atoms with van der Waals surface area (Å²) in [5.41, 5.74) is 3.23. The average Bonchev–Trinajstić information content (AvgIpc) is 3.21. The van der Waals surface area contributed by atoms with Crippen LogP contribution in [-0.4, -0.2) is 19.5 Å². The molecule has 0 fully saturated rings. The Morgan fingerprint density at radius 3 is 2.53 bits per heavy atom. The highest BCUT2D eigenvalue weighted by Crippen LogP contribution is 2.29. The number of ether oxygens (including phenoxy) is 1. The van der Waals surface area contributed by atoms with Gasteiger partial charge in [0.25, 0.3) is 5.56 Å². The van der Waals surface area contributed by atoms with E-state index in [0.29, 0.717) is 34.6 Å². The van der Waals surface area contributed by atoms with E-state index in [-0.39, 0.29) is 11.0 Å². The van der Waals surface area contributed by atoms with Crippen molar-refractivity contribution in [1.82, 2.24) is 19.5 Å². The third-order valence-corrected chi connectivity index (χ3v) is 6.63. The van der Waals surface area contributed by atoms with Gasteiger partial charge < -0.3 is 4.74 Å². The number of aromatic nitrogens is 4. The Kier molecular flexibility index (Phi) is 6.60. The van der Waals surface area contributed by atoms with Crippen molar-refractivity contribution in [2.45, 2.75) is 53.6 Å². The number of hydrogen-bond donors (Lipinski definition) is 0. The predicted octanol–water partition coefficient (Wildman–Crippen LogP) is 6.21. The Morgan fingerprint density at radius 2 is 1.85 bits per heavy atom. The molecule has 4 aromatic rings. The number of nitrogens with zero attached hydrogens (tertiary/aromatic N) is 4. The van der Waals surface area contributed by atoms with Crippen molar-refractivity contribution in [3.63, 3.8) is 0 Å². The summed E-state index contributed by atoms with van der Waals surface area (Å²) in [6, 6.07) is 9.44. The van der Waals surface area contributed by atoms with Crippen molar-refractivity contribution in [3.8, 4) is 22.8 Å². The van der Waals surface area contributed by atoms with Gasteiger partial charge in [-0.3, -0.25) is 9.36 Å². The third kappa shape index (κ3) is 4.91. The van der Waals surface area contributed by atoms with Crippen LogP contribution in [0.3, 0.4) is 0 Å². The summed E-state index contributed by atoms with van der Waals surface area (Å²) in [6.07, 6.45) is 1.75. The molecule has 3 aromatic heterocycles. The van der Waals surface area contributed by atoms with Gasteiger partial charge in [-0.05, 0) is 50.4 Å². The van der Waals surface area contributed by atoms with Crippen molar-refractivity contribution in [2.24, 2.45) is 0 Å². The molecule has 34 heavy (non-hydrogen) atoms. The van der Waals surface area contributed by atoms with E-state index < -0.39 is 0 Å². The molecule has 0 saturated heterocycles. The lowest BCUT2D eigenvalue weighted by Gasteiger charge is -2.18. The zero-order valence-electron chi connectivity index (χ0n) is 20.1. The standard InChI is InChI=1S/C26H27ClN4O2S/c1-15-11-18(14-34-15)13-33-23-16(2)24(32)31(17(3)29-23)22-12-19(7-8-20(22)27)21-9-10-28-25(30-21)26(4,5)6/h7-12,14H,13H2,1-6H3. The molecule has 6 nitrogen and oxygen atoms in total. The molecular weight excluding hydrogens is 468 g/mol. The van der Waals surface area contributed by atoms with Crippen LogP contribution in [0.1, 0.15) is 48.4 Å². The zero-order valence-corrected chi connectivity index (χ0v) is 21.7. The summed E-state index contributed by atoms with van der Waals surface area (Å²) >= 11 is 8.21. The van der Waals surface area contributed by atoms with E-state index in [1.165, 1.54) is 9.44 Å². The van der Waals surface area contributed by atoms with Crippen molar-refractivity contribution < 1.29 is 4.74 Å². The fraction of sp³-hybridized carbons (Fsp3) is 0.308. The van der Waals surface area contributed by atoms with Crippen LogP contribution in [0.5, 0.6) is 5.88 Å². The molecule has 0 saturated carbocycles. The summed E-state index contributed by atoms with van der Waals surface area (Å²) < 4.78 is 7.41. The van der Waals surface area contributed by atoms with E-state index in [9.17, 15) is 4.79 Å². The first-order chi connectivity index (χ1) is 16.0. The molecule has 0 aliphatic heterocycles. The number of aryl methyl sites for hydroxylation is 2. The molecule has 0 atom stereocenters. The average molecular weight is 495 g/mol. The highest BCUT2D eigenvalue weighted by molar-refractivity contribution is 7.10. The molecule has 4 rings (SSSR count). The summed E-state index contributed by atoms with van der Waals surface area (Å²) in [6.45, 7) is 12.1. The van der Waals surface area contributed by atoms with Crippen LogP contribution >= 0.6 is 22.9 Å². The van der Waals surface area contributed by atoms with Gasteiger partial charge in [0.05, 0.1) is 22.0 Å². The van der Waals surface area contributed by atoms with Crippen molar-refractivity contribution in [3.05, 3.63) is 84.9 Å². The predicted molar refractivity (Wildman–Crippen MR) is 137 cm³/mol. The fourth-order valence-electron chi connectivity index (χ4n) is 3.56. The minimum Gasteiger partial charge on any atom is -0.472 e. The van der Waals surface area contributed by atoms with E-state index in [1.54, 1.807) is 37.4 Å². The van der Waals surface area contributed by atoms with Gasteiger partial charge in [0.15, 0.2) is 0 Å². The molecule has 0 bridgehead atoms. The number of benzene rings is 1. The van der Waals surface area contributed by atoms with Gasteiger partial charge in [-0.2, -0.15) is 4.98 Å². The summed E-state index contributed by atoms with van der Waals surface area (Å²) in [7, 11) is 0. The number of thiophene rings is 1. The topological polar surface area (TPSA) is 69.9 Å². The smallest absolute Gasteiger partial charge is 0.264 e. The Balaban J connectivity index is 1.73. The minimum atomic E-state index is -0.221. The summed E-state index contributed by atoms with van der Waals surface area (Å²) in [5, 5.41) is 2.49. The van der Waals surface area contributed by atoms with E-state index in [4.69, 9.17) is 21.3 Å². The largest absolute Gasteiger partial charge is 0.472 e. The molecule has 8 heteroatoms. The fourth-order valence-corrected chi connectivity index (χ4v) is 4.46. The molecule has 0 spiro atoms. The lowest BCUT2D eigenvalue weighted by Crippen LogP contribution is -2.25. The van der Waals surface area contributed by atoms with Gasteiger partial charge in [0, 0.05) is 27.6 Å². The summed E-state index contributed by atoms with van der Waals surface area (Å²) in [5.74, 6) is 1.57. The van der Waals surface area contributed by atoms with Gasteiger partial charge in [-0.15, -0.1) is 11.3 Å². The molecule has 0 aliphatic rings. The molecule has 0 radical (unpaired) electrons. The Labute approximate surface area is 208 Å². The zero-order chi connectivity index (χ0) is 24.6. The second-order valence-corrected chi connectivity index (χ2v) is 10.8. The van der Waals surface area contributed by atoms with Crippen molar-refractivity contribution >= 4 is 22.9 Å². The van der Waals surface area contributed by atoms with Crippen LogP contribution < -0.4 is 10.3 Å². The maximum absolute atomic E-state index is 13.4. The van der Waals surface area contributed by atoms with Crippen LogP contribution in [0.4, 0.5) is 0 Å². The second kappa shape index (κ2) is 9.31. The minimum absolute atomic E-state index is 0.183. The molecular formula is C26H27ClN4O2S. The van der Waals surface area contributed by atoms with Gasteiger partial charge >= 0.3 is 0 Å². The van der Waals surface area contributed by atoms with E-state index in [2.05, 4.69) is 36.8 Å². The quantitative estimate of drug-likeness (QED) is 0.330. The molecule has 3 heterocycles. The first-order valence-electron chi connectivity index (χ1n) is 11.0. The first-order valence-corrected chi connectivity index (χ1v) is 12.2. The molecule has 176 valence electrons. The van der Waals surface area contributed by atoms with Gasteiger partial charge in [0.2, 0.25) is 5.88 Å². The van der Waals surface area contributed by atoms with Crippen LogP contribution in [0, 0.1) is 20.8 Å². The van der Waals surface area contributed by atoms with Crippen LogP contribution in [0.15, 0.2) is 46.7 Å². The molecule has 0 aliphatic carbocycles. The highest BCUT2D eigenvalue weighted by atomic mass is 35.5. The maximum Gasteiger partial charge on any atom is 0.264 e. The Morgan fingerprint density at radius 1 is 1.09 bits per heavy atom. The number of rotatable bonds is 5. The molecule has 0 unspecified atom stereocenters. The second-order valence-electron chi connectivity index (χ2n) is 9.27. The van der Waals surface area contributed by atoms with Crippen LogP contribution in [-0.2, 0) is 12.0 Å². The van der Waals surface area contributed by atoms with E-state index in [0.717, 1.165) is 22.6 Å². The third-order valence-electron chi connectivity index (χ3n) is 5.40. The molecule has 1 aromatic carbocycles. The lowest BCUT2D eigenvalue weighted by molar-refractivity contribution is 0.289. The van der Waals surface area contributed by atoms with Crippen molar-refractivity contribution in [2.75, 3.05) is 0 Å². The normalized spacial score (nSPS) is 11.6. The van der Waals surface area contributed by atoms with E-state index in [1.807, 2.05) is 30.5 Å². The maximum atomic E-state index is 13.4. The monoisotopic (exact) mass is 494 g/mol. The van der Waals surface area contributed by atoms with Gasteiger partial charge in [0.1, 0.15) is 18.3 Å². The van der Waals surface area contributed by atoms with Crippen LogP contribution in [0.25, 0.3) is 16.9 Å². The molecule has 0 amide bonds. The molecule has 0 N–H and O–H groups in total. The first kappa shape index (κ1) is 24.1. The summed E-state index contributed by atoms with van der Waals surface area (Å²) in [4.78, 5) is 28.3. The Bertz CT molecular complexity index is 1420. The SMILES string of the molecule is Cc1cc(COc2nc(C)n(-c3cc(-c4ccnc(C(C)(C)C)n4)ccc3Cl)c(=O)c2C)cs1. The van der Waals surface area contributed by atoms with E-state index >= 15 is 0 Å². The number of hydrogen-bond acceptors (Lipinski definition) is 6. The van der Waals surface area contributed by atoms with Gasteiger partial charge in [-0.25, -0.2) is 9.97 Å². The van der Waals surface area contributed by atoms with Crippen molar-refractivity contribution in [1.29, 1.82) is 0 Å². The number of halogens is 1. The van der Waals surface area contributed by atoms with Gasteiger partial charge in [-0.1, -0.05) is 38.4 Å².